The molecule has 0 spiro atoms. The highest BCUT2D eigenvalue weighted by molar-refractivity contribution is 7.15. The molecule has 174 valence electrons. The van der Waals surface area contributed by atoms with Crippen molar-refractivity contribution >= 4 is 34.8 Å². The van der Waals surface area contributed by atoms with Crippen LogP contribution in [-0.4, -0.2) is 36.4 Å². The topological polar surface area (TPSA) is 115 Å². The van der Waals surface area contributed by atoms with Crippen LogP contribution < -0.4 is 10.2 Å². The molecule has 4 aromatic rings. The summed E-state index contributed by atoms with van der Waals surface area (Å²) in [7, 11) is 1.51. The van der Waals surface area contributed by atoms with Gasteiger partial charge < -0.3 is 23.8 Å². The number of nitrogens with one attached hydrogen (secondary N) is 1. The second-order valence-electron chi connectivity index (χ2n) is 7.21. The van der Waals surface area contributed by atoms with Gasteiger partial charge in [0.15, 0.2) is 23.1 Å². The van der Waals surface area contributed by atoms with Crippen molar-refractivity contribution < 1.29 is 28.0 Å². The fraction of sp³-hybridized carbons (Fsp3) is 0.167. The van der Waals surface area contributed by atoms with Crippen LogP contribution in [0.5, 0.6) is 0 Å². The lowest BCUT2D eigenvalue weighted by molar-refractivity contribution is -0.121. The van der Waals surface area contributed by atoms with E-state index < -0.39 is 18.5 Å². The van der Waals surface area contributed by atoms with Crippen LogP contribution in [0, 0.1) is 6.92 Å². The summed E-state index contributed by atoms with van der Waals surface area (Å²) in [5.74, 6) is -0.427. The highest BCUT2D eigenvalue weighted by atomic mass is 32.1. The number of aromatic nitrogens is 1. The third-order valence-electron chi connectivity index (χ3n) is 4.94. The number of amides is 2. The van der Waals surface area contributed by atoms with E-state index >= 15 is 0 Å². The summed E-state index contributed by atoms with van der Waals surface area (Å²) >= 11 is 1.29. The van der Waals surface area contributed by atoms with Crippen LogP contribution >= 0.6 is 11.3 Å². The smallest absolute Gasteiger partial charge is 0.358 e. The van der Waals surface area contributed by atoms with E-state index in [2.05, 4.69) is 10.3 Å². The van der Waals surface area contributed by atoms with Gasteiger partial charge in [-0.3, -0.25) is 9.59 Å². The van der Waals surface area contributed by atoms with E-state index in [4.69, 9.17) is 13.6 Å². The van der Waals surface area contributed by atoms with Crippen LogP contribution in [0.3, 0.4) is 0 Å². The lowest BCUT2D eigenvalue weighted by atomic mass is 10.1. The zero-order valence-electron chi connectivity index (χ0n) is 18.4. The standard InChI is InChI=1S/C24H21N3O6S/c1-15-21(26-23(34-15)19-10-6-12-32-19)24(30)33-14-20(28)27(2)18-9-4-3-8-17(18)22(29)25-13-16-7-5-11-31-16/h3-12H,13-14H2,1-2H3,(H,25,29). The molecule has 0 aliphatic heterocycles. The van der Waals surface area contributed by atoms with E-state index in [-0.39, 0.29) is 18.1 Å². The van der Waals surface area contributed by atoms with Crippen molar-refractivity contribution in [2.75, 3.05) is 18.6 Å². The van der Waals surface area contributed by atoms with Gasteiger partial charge in [-0.05, 0) is 43.3 Å². The maximum atomic E-state index is 12.7. The zero-order valence-corrected chi connectivity index (χ0v) is 19.3. The fourth-order valence-electron chi connectivity index (χ4n) is 3.15. The first kappa shape index (κ1) is 23.0. The summed E-state index contributed by atoms with van der Waals surface area (Å²) in [5.41, 5.74) is 0.810. The maximum Gasteiger partial charge on any atom is 0.358 e. The van der Waals surface area contributed by atoms with E-state index in [0.29, 0.717) is 32.7 Å². The van der Waals surface area contributed by atoms with E-state index in [1.807, 2.05) is 0 Å². The van der Waals surface area contributed by atoms with Gasteiger partial charge >= 0.3 is 5.97 Å². The quantitative estimate of drug-likeness (QED) is 0.379. The number of hydrogen-bond donors (Lipinski definition) is 1. The number of benzene rings is 1. The monoisotopic (exact) mass is 479 g/mol. The highest BCUT2D eigenvalue weighted by Crippen LogP contribution is 2.28. The highest BCUT2D eigenvalue weighted by Gasteiger charge is 2.23. The minimum Gasteiger partial charge on any atom is -0.467 e. The number of furan rings is 2. The van der Waals surface area contributed by atoms with Crippen LogP contribution in [-0.2, 0) is 16.1 Å². The number of esters is 1. The van der Waals surface area contributed by atoms with E-state index in [1.165, 1.54) is 35.8 Å². The molecule has 0 atom stereocenters. The molecule has 2 amide bonds. The molecular formula is C24H21N3O6S. The predicted molar refractivity (Wildman–Crippen MR) is 125 cm³/mol. The molecule has 0 fully saturated rings. The third-order valence-corrected chi connectivity index (χ3v) is 5.92. The predicted octanol–water partition coefficient (Wildman–Crippen LogP) is 4.05. The molecule has 4 rings (SSSR count). The first-order chi connectivity index (χ1) is 16.4. The molecule has 9 nitrogen and oxygen atoms in total. The molecule has 1 N–H and O–H groups in total. The van der Waals surface area contributed by atoms with Crippen LogP contribution in [0.4, 0.5) is 5.69 Å². The fourth-order valence-corrected chi connectivity index (χ4v) is 4.02. The molecule has 0 aliphatic rings. The third kappa shape index (κ3) is 5.07. The zero-order chi connectivity index (χ0) is 24.1. The number of nitrogens with zero attached hydrogens (tertiary/aromatic N) is 2. The summed E-state index contributed by atoms with van der Waals surface area (Å²) in [6.07, 6.45) is 3.04. The molecule has 0 saturated carbocycles. The Morgan fingerprint density at radius 1 is 1.06 bits per heavy atom. The number of carbonyl (C=O) groups is 3. The Balaban J connectivity index is 1.39. The summed E-state index contributed by atoms with van der Waals surface area (Å²) in [6, 6.07) is 13.6. The Kier molecular flexibility index (Phi) is 6.88. The average Bonchev–Trinajstić information content (AvgIpc) is 3.62. The number of thiazole rings is 1. The largest absolute Gasteiger partial charge is 0.467 e. The second kappa shape index (κ2) is 10.2. The summed E-state index contributed by atoms with van der Waals surface area (Å²) in [5, 5.41) is 3.31. The minimum atomic E-state index is -0.710. The Morgan fingerprint density at radius 2 is 1.82 bits per heavy atom. The summed E-state index contributed by atoms with van der Waals surface area (Å²) in [6.45, 7) is 1.44. The van der Waals surface area contributed by atoms with Crippen molar-refractivity contribution in [1.29, 1.82) is 0 Å². The van der Waals surface area contributed by atoms with E-state index in [1.54, 1.807) is 55.5 Å². The van der Waals surface area contributed by atoms with Crippen LogP contribution in [0.2, 0.25) is 0 Å². The lowest BCUT2D eigenvalue weighted by Crippen LogP contribution is -2.33. The molecule has 3 aromatic heterocycles. The van der Waals surface area contributed by atoms with Gasteiger partial charge in [-0.15, -0.1) is 11.3 Å². The van der Waals surface area contributed by atoms with Gasteiger partial charge in [0.25, 0.3) is 11.8 Å². The van der Waals surface area contributed by atoms with E-state index in [0.717, 1.165) is 0 Å². The molecular weight excluding hydrogens is 458 g/mol. The average molecular weight is 480 g/mol. The first-order valence-corrected chi connectivity index (χ1v) is 11.1. The Morgan fingerprint density at radius 3 is 2.56 bits per heavy atom. The molecule has 0 bridgehead atoms. The number of likely N-dealkylation sites (N-methyl/N-ethyl adjacent to an activating group) is 1. The van der Waals surface area contributed by atoms with Crippen LogP contribution in [0.25, 0.3) is 10.8 Å². The number of carbonyl (C=O) groups excluding carboxylic acids is 3. The first-order valence-electron chi connectivity index (χ1n) is 10.3. The lowest BCUT2D eigenvalue weighted by Gasteiger charge is -2.20. The van der Waals surface area contributed by atoms with Gasteiger partial charge in [0.1, 0.15) is 5.76 Å². The van der Waals surface area contributed by atoms with Crippen molar-refractivity contribution in [3.63, 3.8) is 0 Å². The Bertz CT molecular complexity index is 1290. The van der Waals surface area contributed by atoms with Crippen LogP contribution in [0.15, 0.2) is 69.9 Å². The molecule has 3 heterocycles. The minimum absolute atomic E-state index is 0.129. The molecule has 0 unspecified atom stereocenters. The number of aryl methyl sites for hydroxylation is 1. The van der Waals surface area contributed by atoms with Gasteiger partial charge in [0, 0.05) is 11.9 Å². The van der Waals surface area contributed by atoms with Crippen molar-refractivity contribution in [2.24, 2.45) is 0 Å². The summed E-state index contributed by atoms with van der Waals surface area (Å²) < 4.78 is 15.7. The molecule has 1 aromatic carbocycles. The Hall–Kier alpha value is -4.18. The van der Waals surface area contributed by atoms with Gasteiger partial charge in [0.05, 0.1) is 30.3 Å². The van der Waals surface area contributed by atoms with Gasteiger partial charge in [-0.1, -0.05) is 12.1 Å². The van der Waals surface area contributed by atoms with Crippen molar-refractivity contribution in [3.8, 4) is 10.8 Å². The van der Waals surface area contributed by atoms with Gasteiger partial charge in [-0.25, -0.2) is 9.78 Å². The molecule has 0 aliphatic carbocycles. The maximum absolute atomic E-state index is 12.7. The number of ether oxygens (including phenoxy) is 1. The normalized spacial score (nSPS) is 10.6. The number of para-hydroxylation sites is 1. The number of rotatable bonds is 8. The Labute approximate surface area is 199 Å². The van der Waals surface area contributed by atoms with Crippen molar-refractivity contribution in [1.82, 2.24) is 10.3 Å². The molecule has 10 heteroatoms. The van der Waals surface area contributed by atoms with Gasteiger partial charge in [0.2, 0.25) is 0 Å². The molecule has 34 heavy (non-hydrogen) atoms. The summed E-state index contributed by atoms with van der Waals surface area (Å²) in [4.78, 5) is 44.2. The van der Waals surface area contributed by atoms with Gasteiger partial charge in [-0.2, -0.15) is 0 Å². The van der Waals surface area contributed by atoms with E-state index in [9.17, 15) is 14.4 Å². The second-order valence-corrected chi connectivity index (χ2v) is 8.41. The number of anilines is 1. The molecule has 0 saturated heterocycles. The van der Waals surface area contributed by atoms with Crippen molar-refractivity contribution in [2.45, 2.75) is 13.5 Å². The molecule has 0 radical (unpaired) electrons. The number of hydrogen-bond acceptors (Lipinski definition) is 8. The SMILES string of the molecule is Cc1sc(-c2ccco2)nc1C(=O)OCC(=O)N(C)c1ccccc1C(=O)NCc1ccco1. The van der Waals surface area contributed by atoms with Crippen LogP contribution in [0.1, 0.15) is 31.5 Å². The van der Waals surface area contributed by atoms with Crippen molar-refractivity contribution in [3.05, 3.63) is 83.0 Å².